The van der Waals surface area contributed by atoms with Crippen LogP contribution in [0.5, 0.6) is 0 Å². The highest BCUT2D eigenvalue weighted by atomic mass is 19.1. The van der Waals surface area contributed by atoms with Crippen molar-refractivity contribution in [2.75, 3.05) is 11.1 Å². The summed E-state index contributed by atoms with van der Waals surface area (Å²) in [6, 6.07) is 7.46. The van der Waals surface area contributed by atoms with Crippen LogP contribution in [0.3, 0.4) is 0 Å². The minimum atomic E-state index is -0.585. The Labute approximate surface area is 176 Å². The Hall–Kier alpha value is -4.15. The van der Waals surface area contributed by atoms with Gasteiger partial charge in [-0.25, -0.2) is 18.9 Å². The summed E-state index contributed by atoms with van der Waals surface area (Å²) < 4.78 is 20.1. The topological polar surface area (TPSA) is 134 Å². The second-order valence-electron chi connectivity index (χ2n) is 6.96. The van der Waals surface area contributed by atoms with E-state index in [-0.39, 0.29) is 41.8 Å². The molecule has 4 aromatic rings. The number of fused-ring (bicyclic) bond motifs is 1. The van der Waals surface area contributed by atoms with Crippen LogP contribution in [0.15, 0.2) is 42.7 Å². The Morgan fingerprint density at radius 3 is 2.71 bits per heavy atom. The molecular weight excluding hydrogens is 403 g/mol. The Balaban J connectivity index is 1.46. The predicted octanol–water partition coefficient (Wildman–Crippen LogP) is 3.02. The molecule has 3 N–H and O–H groups in total. The second kappa shape index (κ2) is 8.30. The van der Waals surface area contributed by atoms with Crippen LogP contribution < -0.4 is 11.1 Å². The van der Waals surface area contributed by atoms with Crippen molar-refractivity contribution in [3.8, 4) is 0 Å². The standard InChI is InChI=1S/C20H19FN8O2/c1-11(2)29-17-12(9-24-29)7-13(8-23-17)18(30)31-10-16-26-19(22)28-20(27-16)25-15-5-3-14(21)4-6-15/h3-9,11H,10H2,1-2H3,(H3,22,25,26,27,28). The first-order valence-electron chi connectivity index (χ1n) is 9.42. The van der Waals surface area contributed by atoms with Crippen molar-refractivity contribution in [1.29, 1.82) is 0 Å². The molecule has 0 aliphatic rings. The highest BCUT2D eigenvalue weighted by molar-refractivity contribution is 5.92. The van der Waals surface area contributed by atoms with Crippen molar-refractivity contribution >= 4 is 34.6 Å². The van der Waals surface area contributed by atoms with E-state index in [4.69, 9.17) is 10.5 Å². The molecular formula is C20H19FN8O2. The summed E-state index contributed by atoms with van der Waals surface area (Å²) >= 11 is 0. The number of nitrogens with zero attached hydrogens (tertiary/aromatic N) is 6. The number of hydrogen-bond acceptors (Lipinski definition) is 9. The number of halogens is 1. The quantitative estimate of drug-likeness (QED) is 0.450. The summed E-state index contributed by atoms with van der Waals surface area (Å²) in [5.41, 5.74) is 7.26. The number of nitrogens with two attached hydrogens (primary N) is 1. The molecule has 4 rings (SSSR count). The summed E-state index contributed by atoms with van der Waals surface area (Å²) in [4.78, 5) is 28.9. The van der Waals surface area contributed by atoms with E-state index >= 15 is 0 Å². The third-order valence-corrected chi connectivity index (χ3v) is 4.29. The first kappa shape index (κ1) is 20.1. The maximum atomic E-state index is 13.0. The SMILES string of the molecule is CC(C)n1ncc2cc(C(=O)OCc3nc(N)nc(Nc4ccc(F)cc4)n3)cnc21. The van der Waals surface area contributed by atoms with Gasteiger partial charge in [-0.15, -0.1) is 0 Å². The maximum Gasteiger partial charge on any atom is 0.340 e. The number of aromatic nitrogens is 6. The van der Waals surface area contributed by atoms with Crippen molar-refractivity contribution < 1.29 is 13.9 Å². The van der Waals surface area contributed by atoms with Gasteiger partial charge in [0.25, 0.3) is 0 Å². The van der Waals surface area contributed by atoms with E-state index in [1.54, 1.807) is 16.9 Å². The van der Waals surface area contributed by atoms with Crippen LogP contribution in [0.2, 0.25) is 0 Å². The van der Waals surface area contributed by atoms with Crippen molar-refractivity contribution in [2.45, 2.75) is 26.5 Å². The van der Waals surface area contributed by atoms with E-state index in [1.165, 1.54) is 30.5 Å². The van der Waals surface area contributed by atoms with Crippen LogP contribution in [0.4, 0.5) is 22.0 Å². The minimum Gasteiger partial charge on any atom is -0.454 e. The lowest BCUT2D eigenvalue weighted by atomic mass is 10.2. The maximum absolute atomic E-state index is 13.0. The molecule has 0 unspecified atom stereocenters. The van der Waals surface area contributed by atoms with Crippen LogP contribution >= 0.6 is 0 Å². The van der Waals surface area contributed by atoms with Crippen molar-refractivity contribution in [1.82, 2.24) is 29.7 Å². The molecule has 0 aliphatic carbocycles. The highest BCUT2D eigenvalue weighted by Crippen LogP contribution is 2.18. The average Bonchev–Trinajstić information content (AvgIpc) is 3.17. The zero-order valence-corrected chi connectivity index (χ0v) is 16.8. The number of hydrogen-bond donors (Lipinski definition) is 2. The highest BCUT2D eigenvalue weighted by Gasteiger charge is 2.14. The van der Waals surface area contributed by atoms with E-state index in [2.05, 4.69) is 30.4 Å². The van der Waals surface area contributed by atoms with Gasteiger partial charge in [0.1, 0.15) is 5.82 Å². The molecule has 0 amide bonds. The number of carbonyl (C=O) groups excluding carboxylic acids is 1. The Morgan fingerprint density at radius 2 is 1.97 bits per heavy atom. The number of pyridine rings is 1. The molecule has 0 bridgehead atoms. The summed E-state index contributed by atoms with van der Waals surface area (Å²) in [6.45, 7) is 3.78. The number of carbonyl (C=O) groups is 1. The van der Waals surface area contributed by atoms with E-state index in [0.717, 1.165) is 5.39 Å². The minimum absolute atomic E-state index is 0.0464. The van der Waals surface area contributed by atoms with E-state index < -0.39 is 5.97 Å². The van der Waals surface area contributed by atoms with Gasteiger partial charge >= 0.3 is 5.97 Å². The zero-order chi connectivity index (χ0) is 22.0. The summed E-state index contributed by atoms with van der Waals surface area (Å²) in [6.07, 6.45) is 3.09. The van der Waals surface area contributed by atoms with Crippen LogP contribution in [0, 0.1) is 5.82 Å². The van der Waals surface area contributed by atoms with E-state index in [0.29, 0.717) is 11.3 Å². The van der Waals surface area contributed by atoms with Crippen LogP contribution in [-0.4, -0.2) is 35.7 Å². The summed E-state index contributed by atoms with van der Waals surface area (Å²) in [5.74, 6) is -0.687. The fraction of sp³-hybridized carbons (Fsp3) is 0.200. The largest absolute Gasteiger partial charge is 0.454 e. The normalized spacial score (nSPS) is 11.1. The Morgan fingerprint density at radius 1 is 1.19 bits per heavy atom. The molecule has 11 heteroatoms. The molecule has 0 radical (unpaired) electrons. The molecule has 158 valence electrons. The molecule has 0 saturated carbocycles. The number of nitrogen functional groups attached to an aromatic ring is 1. The van der Waals surface area contributed by atoms with Gasteiger partial charge in [-0.3, -0.25) is 0 Å². The molecule has 0 saturated heterocycles. The predicted molar refractivity (Wildman–Crippen MR) is 111 cm³/mol. The van der Waals surface area contributed by atoms with Gasteiger partial charge < -0.3 is 15.8 Å². The van der Waals surface area contributed by atoms with Gasteiger partial charge in [-0.2, -0.15) is 20.1 Å². The number of anilines is 3. The number of benzene rings is 1. The summed E-state index contributed by atoms with van der Waals surface area (Å²) in [5, 5.41) is 7.91. The average molecular weight is 422 g/mol. The van der Waals surface area contributed by atoms with Gasteiger partial charge in [0.2, 0.25) is 11.9 Å². The monoisotopic (exact) mass is 422 g/mol. The molecule has 1 aromatic carbocycles. The van der Waals surface area contributed by atoms with E-state index in [9.17, 15) is 9.18 Å². The van der Waals surface area contributed by atoms with E-state index in [1.807, 2.05) is 13.8 Å². The lowest BCUT2D eigenvalue weighted by Gasteiger charge is -2.08. The molecule has 3 heterocycles. The fourth-order valence-electron chi connectivity index (χ4n) is 2.86. The van der Waals surface area contributed by atoms with Crippen LogP contribution in [0.25, 0.3) is 11.0 Å². The Kier molecular flexibility index (Phi) is 5.39. The van der Waals surface area contributed by atoms with Crippen molar-refractivity contribution in [3.63, 3.8) is 0 Å². The molecule has 0 atom stereocenters. The van der Waals surface area contributed by atoms with Crippen molar-refractivity contribution in [2.24, 2.45) is 0 Å². The van der Waals surface area contributed by atoms with Crippen LogP contribution in [0.1, 0.15) is 36.1 Å². The first-order chi connectivity index (χ1) is 14.9. The smallest absolute Gasteiger partial charge is 0.340 e. The zero-order valence-electron chi connectivity index (χ0n) is 16.8. The fourth-order valence-corrected chi connectivity index (χ4v) is 2.86. The lowest BCUT2D eigenvalue weighted by molar-refractivity contribution is 0.0462. The summed E-state index contributed by atoms with van der Waals surface area (Å²) in [7, 11) is 0. The molecule has 31 heavy (non-hydrogen) atoms. The third kappa shape index (κ3) is 4.55. The van der Waals surface area contributed by atoms with Gasteiger partial charge in [0.15, 0.2) is 18.1 Å². The lowest BCUT2D eigenvalue weighted by Crippen LogP contribution is -2.11. The number of ether oxygens (including phenoxy) is 1. The molecule has 3 aromatic heterocycles. The van der Waals surface area contributed by atoms with Crippen molar-refractivity contribution in [3.05, 3.63) is 59.9 Å². The number of esters is 1. The molecule has 0 fully saturated rings. The Bertz CT molecular complexity index is 1240. The number of nitrogens with one attached hydrogen (secondary N) is 1. The second-order valence-corrected chi connectivity index (χ2v) is 6.96. The molecule has 10 nitrogen and oxygen atoms in total. The molecule has 0 spiro atoms. The van der Waals surface area contributed by atoms with Crippen LogP contribution in [-0.2, 0) is 11.3 Å². The molecule has 0 aliphatic heterocycles. The first-order valence-corrected chi connectivity index (χ1v) is 9.42. The van der Waals surface area contributed by atoms with Gasteiger partial charge in [0, 0.05) is 23.3 Å². The van der Waals surface area contributed by atoms with Gasteiger partial charge in [-0.05, 0) is 44.2 Å². The third-order valence-electron chi connectivity index (χ3n) is 4.29. The van der Waals surface area contributed by atoms with Gasteiger partial charge in [0.05, 0.1) is 11.8 Å². The van der Waals surface area contributed by atoms with Gasteiger partial charge in [-0.1, -0.05) is 0 Å². The number of rotatable bonds is 6.